The van der Waals surface area contributed by atoms with Gasteiger partial charge >= 0.3 is 0 Å². The zero-order chi connectivity index (χ0) is 19.7. The zero-order valence-corrected chi connectivity index (χ0v) is 14.4. The lowest BCUT2D eigenvalue weighted by Gasteiger charge is -2.08. The minimum Gasteiger partial charge on any atom is -0.503 e. The van der Waals surface area contributed by atoms with Crippen LogP contribution in [-0.2, 0) is 9.59 Å². The number of rotatable bonds is 0. The van der Waals surface area contributed by atoms with Crippen molar-refractivity contribution < 1.29 is 19.8 Å². The molecule has 0 bridgehead atoms. The first-order valence-electron chi connectivity index (χ1n) is 6.80. The normalized spacial score (nSPS) is 13.5. The van der Waals surface area contributed by atoms with E-state index in [4.69, 9.17) is 33.4 Å². The first kappa shape index (κ1) is 20.9. The average molecular weight is 399 g/mol. The number of carbonyl (C=O) groups is 2. The monoisotopic (exact) mass is 398 g/mol. The van der Waals surface area contributed by atoms with E-state index in [1.165, 1.54) is 12.1 Å². The molecule has 2 heterocycles. The molecule has 0 aromatic carbocycles. The van der Waals surface area contributed by atoms with Gasteiger partial charge < -0.3 is 20.2 Å². The largest absolute Gasteiger partial charge is 0.503 e. The second kappa shape index (κ2) is 10.0. The molecule has 0 atom stereocenters. The van der Waals surface area contributed by atoms with Crippen molar-refractivity contribution in [3.05, 3.63) is 91.1 Å². The molecule has 136 valence electrons. The predicted molar refractivity (Wildman–Crippen MR) is 95.2 cm³/mol. The van der Waals surface area contributed by atoms with E-state index >= 15 is 0 Å². The van der Waals surface area contributed by atoms with Crippen LogP contribution in [0.4, 0.5) is 0 Å². The molecular weight excluding hydrogens is 387 g/mol. The van der Waals surface area contributed by atoms with Crippen molar-refractivity contribution in [1.29, 1.82) is 0 Å². The standard InChI is InChI=1S/C6H2Cl2O4.2C5H5NO/c7-1-3(9)5(11)2(8)6(12)4(1)10;2*7-5-3-1-2-4-6-5/h9,12H;2*1-4H,(H,6,7). The smallest absolute Gasteiger partial charge is 0.247 e. The summed E-state index contributed by atoms with van der Waals surface area (Å²) >= 11 is 10.4. The number of aliphatic hydroxyl groups excluding tert-OH is 2. The van der Waals surface area contributed by atoms with Crippen LogP contribution in [0.3, 0.4) is 0 Å². The molecule has 3 rings (SSSR count). The first-order valence-corrected chi connectivity index (χ1v) is 7.55. The molecule has 0 fully saturated rings. The van der Waals surface area contributed by atoms with Crippen LogP contribution in [0.1, 0.15) is 0 Å². The fourth-order valence-electron chi connectivity index (χ4n) is 1.38. The predicted octanol–water partition coefficient (Wildman–Crippen LogP) is 1.90. The molecule has 4 N–H and O–H groups in total. The molecule has 0 amide bonds. The quantitative estimate of drug-likeness (QED) is 0.499. The van der Waals surface area contributed by atoms with Gasteiger partial charge in [-0.3, -0.25) is 19.2 Å². The topological polar surface area (TPSA) is 140 Å². The second-order valence-electron chi connectivity index (χ2n) is 4.44. The third kappa shape index (κ3) is 6.08. The number of hydrogen-bond donors (Lipinski definition) is 4. The number of H-pyrrole nitrogens is 2. The van der Waals surface area contributed by atoms with E-state index in [0.717, 1.165) is 0 Å². The third-order valence-corrected chi connectivity index (χ3v) is 3.31. The molecule has 8 nitrogen and oxygen atoms in total. The fourth-order valence-corrected chi connectivity index (χ4v) is 1.73. The lowest BCUT2D eigenvalue weighted by atomic mass is 10.1. The Bertz CT molecular complexity index is 832. The molecule has 0 spiro atoms. The summed E-state index contributed by atoms with van der Waals surface area (Å²) in [6.07, 6.45) is 3.20. The minimum atomic E-state index is -1.06. The van der Waals surface area contributed by atoms with E-state index < -0.39 is 33.1 Å². The number of hydrogen-bond acceptors (Lipinski definition) is 6. The summed E-state index contributed by atoms with van der Waals surface area (Å²) in [5.74, 6) is -3.99. The van der Waals surface area contributed by atoms with Gasteiger partial charge in [-0.1, -0.05) is 35.3 Å². The van der Waals surface area contributed by atoms with Gasteiger partial charge in [0.25, 0.3) is 0 Å². The number of carbonyl (C=O) groups excluding carboxylic acids is 2. The van der Waals surface area contributed by atoms with E-state index in [-0.39, 0.29) is 11.1 Å². The number of aromatic amines is 2. The molecule has 1 aliphatic carbocycles. The van der Waals surface area contributed by atoms with Crippen LogP contribution in [-0.4, -0.2) is 31.7 Å². The molecule has 2 aromatic rings. The summed E-state index contributed by atoms with van der Waals surface area (Å²) in [5, 5.41) is 16.3. The number of Topliss-reactive ketones (excluding diaryl/α,β-unsaturated/α-hetero) is 2. The van der Waals surface area contributed by atoms with Crippen LogP contribution in [0.25, 0.3) is 0 Å². The van der Waals surface area contributed by atoms with Gasteiger partial charge in [0.1, 0.15) is 10.1 Å². The van der Waals surface area contributed by atoms with E-state index in [9.17, 15) is 19.2 Å². The van der Waals surface area contributed by atoms with Crippen molar-refractivity contribution in [3.8, 4) is 0 Å². The van der Waals surface area contributed by atoms with E-state index in [2.05, 4.69) is 9.97 Å². The van der Waals surface area contributed by atoms with Crippen molar-refractivity contribution in [2.75, 3.05) is 0 Å². The molecule has 0 saturated carbocycles. The zero-order valence-electron chi connectivity index (χ0n) is 12.9. The summed E-state index contributed by atoms with van der Waals surface area (Å²) in [7, 11) is 0. The number of aromatic nitrogens is 2. The Hall–Kier alpha value is -3.10. The Kier molecular flexibility index (Phi) is 8.07. The van der Waals surface area contributed by atoms with Gasteiger partial charge in [0.2, 0.25) is 22.7 Å². The summed E-state index contributed by atoms with van der Waals surface area (Å²) in [6, 6.07) is 9.86. The Morgan fingerprint density at radius 3 is 1.19 bits per heavy atom. The fraction of sp³-hybridized carbons (Fsp3) is 0. The van der Waals surface area contributed by atoms with Crippen molar-refractivity contribution in [1.82, 2.24) is 9.97 Å². The van der Waals surface area contributed by atoms with E-state index in [1.54, 1.807) is 36.7 Å². The minimum absolute atomic E-state index is 0.0532. The van der Waals surface area contributed by atoms with Crippen LogP contribution in [0, 0.1) is 0 Å². The Morgan fingerprint density at radius 2 is 1.00 bits per heavy atom. The summed E-state index contributed by atoms with van der Waals surface area (Å²) in [6.45, 7) is 0. The molecule has 10 heteroatoms. The second-order valence-corrected chi connectivity index (χ2v) is 5.19. The Morgan fingerprint density at radius 1 is 0.654 bits per heavy atom. The van der Waals surface area contributed by atoms with Gasteiger partial charge in [0.15, 0.2) is 11.5 Å². The number of allylic oxidation sites excluding steroid dienone is 2. The highest BCUT2D eigenvalue weighted by Crippen LogP contribution is 2.26. The van der Waals surface area contributed by atoms with Gasteiger partial charge in [-0.15, -0.1) is 0 Å². The van der Waals surface area contributed by atoms with Crippen molar-refractivity contribution in [3.63, 3.8) is 0 Å². The molecule has 0 aliphatic heterocycles. The number of pyridine rings is 2. The van der Waals surface area contributed by atoms with Crippen molar-refractivity contribution in [2.45, 2.75) is 0 Å². The van der Waals surface area contributed by atoms with E-state index in [0.29, 0.717) is 0 Å². The third-order valence-electron chi connectivity index (χ3n) is 2.61. The van der Waals surface area contributed by atoms with Crippen LogP contribution in [0.5, 0.6) is 0 Å². The van der Waals surface area contributed by atoms with Gasteiger partial charge in [-0.2, -0.15) is 0 Å². The number of halogens is 2. The molecule has 2 aromatic heterocycles. The van der Waals surface area contributed by atoms with Crippen LogP contribution in [0.2, 0.25) is 0 Å². The van der Waals surface area contributed by atoms with Crippen molar-refractivity contribution >= 4 is 34.8 Å². The highest BCUT2D eigenvalue weighted by atomic mass is 35.5. The molecule has 0 radical (unpaired) electrons. The maximum Gasteiger partial charge on any atom is 0.247 e. The molecule has 1 aliphatic rings. The van der Waals surface area contributed by atoms with Gasteiger partial charge in [0.05, 0.1) is 0 Å². The lowest BCUT2D eigenvalue weighted by Crippen LogP contribution is -2.19. The van der Waals surface area contributed by atoms with E-state index in [1.807, 2.05) is 0 Å². The SMILES string of the molecule is O=C1C(O)=C(Cl)C(=O)C(O)=C1Cl.O=c1cccc[nH]1.O=c1cccc[nH]1. The summed E-state index contributed by atoms with van der Waals surface area (Å²) in [5.41, 5.74) is -0.106. The van der Waals surface area contributed by atoms with Crippen LogP contribution in [0.15, 0.2) is 80.0 Å². The highest BCUT2D eigenvalue weighted by Gasteiger charge is 2.32. The Balaban J connectivity index is 0.000000207. The maximum atomic E-state index is 10.8. The van der Waals surface area contributed by atoms with Crippen molar-refractivity contribution in [2.24, 2.45) is 0 Å². The summed E-state index contributed by atoms with van der Waals surface area (Å²) < 4.78 is 0. The first-order chi connectivity index (χ1) is 12.3. The lowest BCUT2D eigenvalue weighted by molar-refractivity contribution is -0.119. The molecule has 0 saturated heterocycles. The maximum absolute atomic E-state index is 10.8. The number of ketones is 2. The highest BCUT2D eigenvalue weighted by molar-refractivity contribution is 6.55. The molecular formula is C16H12Cl2N2O6. The number of aliphatic hydroxyl groups is 2. The van der Waals surface area contributed by atoms with Gasteiger partial charge in [-0.25, -0.2) is 0 Å². The average Bonchev–Trinajstić information content (AvgIpc) is 2.65. The molecule has 0 unspecified atom stereocenters. The summed E-state index contributed by atoms with van der Waals surface area (Å²) in [4.78, 5) is 47.0. The van der Waals surface area contributed by atoms with Gasteiger partial charge in [0, 0.05) is 24.5 Å². The van der Waals surface area contributed by atoms with Crippen LogP contribution >= 0.6 is 23.2 Å². The number of nitrogens with one attached hydrogen (secondary N) is 2. The Labute approximate surface area is 156 Å². The molecule has 26 heavy (non-hydrogen) atoms. The van der Waals surface area contributed by atoms with Crippen LogP contribution < -0.4 is 11.1 Å². The van der Waals surface area contributed by atoms with Gasteiger partial charge in [-0.05, 0) is 12.1 Å².